The number of carbonyl (C=O) groups is 1. The average Bonchev–Trinajstić information content (AvgIpc) is 2.57. The molecule has 0 atom stereocenters. The number of anilines is 1. The lowest BCUT2D eigenvalue weighted by Gasteiger charge is -2.15. The van der Waals surface area contributed by atoms with Gasteiger partial charge >= 0.3 is 5.97 Å². The van der Waals surface area contributed by atoms with Gasteiger partial charge < -0.3 is 15.4 Å². The van der Waals surface area contributed by atoms with Gasteiger partial charge in [0.2, 0.25) is 0 Å². The number of carboxylic acid groups (broad SMARTS) is 1. The van der Waals surface area contributed by atoms with Gasteiger partial charge in [0.1, 0.15) is 0 Å². The standard InChI is InChI=1S/C19H20N2O3/c20-13-9-10-17-15(12-13)19(24)14-6-3-4-7-16(14)21(17)11-5-1-2-8-18(22)23/h3-4,6-7,9-10,12H,1-2,5,8,11,20H2,(H,22,23). The number of aromatic nitrogens is 1. The third-order valence-corrected chi connectivity index (χ3v) is 4.27. The number of benzene rings is 2. The Bertz CT molecular complexity index is 960. The molecular formula is C19H20N2O3. The van der Waals surface area contributed by atoms with Crippen molar-refractivity contribution in [1.82, 2.24) is 4.57 Å². The van der Waals surface area contributed by atoms with E-state index in [2.05, 4.69) is 4.57 Å². The van der Waals surface area contributed by atoms with E-state index in [-0.39, 0.29) is 11.8 Å². The van der Waals surface area contributed by atoms with Gasteiger partial charge in [0.25, 0.3) is 0 Å². The molecule has 0 aliphatic heterocycles. The molecule has 0 amide bonds. The van der Waals surface area contributed by atoms with Gasteiger partial charge in [-0.05, 0) is 43.2 Å². The molecule has 0 radical (unpaired) electrons. The maximum Gasteiger partial charge on any atom is 0.303 e. The van der Waals surface area contributed by atoms with Gasteiger partial charge in [-0.3, -0.25) is 9.59 Å². The average molecular weight is 324 g/mol. The van der Waals surface area contributed by atoms with Gasteiger partial charge in [-0.1, -0.05) is 18.6 Å². The number of hydrogen-bond acceptors (Lipinski definition) is 3. The van der Waals surface area contributed by atoms with E-state index in [1.807, 2.05) is 30.3 Å². The second-order valence-electron chi connectivity index (χ2n) is 5.98. The topological polar surface area (TPSA) is 85.3 Å². The molecule has 3 aromatic rings. The molecular weight excluding hydrogens is 304 g/mol. The number of nitrogens with zero attached hydrogens (tertiary/aromatic N) is 1. The van der Waals surface area contributed by atoms with Crippen molar-refractivity contribution in [2.75, 3.05) is 5.73 Å². The van der Waals surface area contributed by atoms with Crippen molar-refractivity contribution in [3.63, 3.8) is 0 Å². The molecule has 1 aromatic heterocycles. The number of unbranched alkanes of at least 4 members (excludes halogenated alkanes) is 2. The molecule has 0 spiro atoms. The molecule has 0 aliphatic rings. The summed E-state index contributed by atoms with van der Waals surface area (Å²) in [6.07, 6.45) is 2.56. The van der Waals surface area contributed by atoms with E-state index in [4.69, 9.17) is 10.8 Å². The SMILES string of the molecule is Nc1ccc2c(c1)c(=O)c1ccccc1n2CCCCCC(=O)O. The molecule has 0 bridgehead atoms. The Morgan fingerprint density at radius 3 is 2.54 bits per heavy atom. The van der Waals surface area contributed by atoms with E-state index in [1.165, 1.54) is 0 Å². The summed E-state index contributed by atoms with van der Waals surface area (Å²) in [6, 6.07) is 13.0. The van der Waals surface area contributed by atoms with Crippen LogP contribution in [0.1, 0.15) is 25.7 Å². The number of nitrogen functional groups attached to an aromatic ring is 1. The number of pyridine rings is 1. The second kappa shape index (κ2) is 6.74. The van der Waals surface area contributed by atoms with E-state index in [9.17, 15) is 9.59 Å². The fourth-order valence-corrected chi connectivity index (χ4v) is 3.11. The van der Waals surface area contributed by atoms with E-state index in [0.717, 1.165) is 30.4 Å². The maximum absolute atomic E-state index is 12.7. The highest BCUT2D eigenvalue weighted by Gasteiger charge is 2.10. The third-order valence-electron chi connectivity index (χ3n) is 4.27. The zero-order valence-corrected chi connectivity index (χ0v) is 13.4. The van der Waals surface area contributed by atoms with Crippen molar-refractivity contribution in [3.8, 4) is 0 Å². The normalized spacial score (nSPS) is 11.2. The summed E-state index contributed by atoms with van der Waals surface area (Å²) in [7, 11) is 0. The Hall–Kier alpha value is -2.82. The highest BCUT2D eigenvalue weighted by molar-refractivity contribution is 5.94. The van der Waals surface area contributed by atoms with E-state index < -0.39 is 5.97 Å². The predicted octanol–water partition coefficient (Wildman–Crippen LogP) is 3.38. The summed E-state index contributed by atoms with van der Waals surface area (Å²) < 4.78 is 2.13. The number of para-hydroxylation sites is 1. The number of rotatable bonds is 6. The number of aliphatic carboxylic acids is 1. The summed E-state index contributed by atoms with van der Waals surface area (Å²) in [5.41, 5.74) is 8.19. The molecule has 5 nitrogen and oxygen atoms in total. The van der Waals surface area contributed by atoms with Crippen molar-refractivity contribution in [1.29, 1.82) is 0 Å². The quantitative estimate of drug-likeness (QED) is 0.413. The van der Waals surface area contributed by atoms with Crippen LogP contribution in [0.5, 0.6) is 0 Å². The van der Waals surface area contributed by atoms with Crippen LogP contribution in [-0.4, -0.2) is 15.6 Å². The monoisotopic (exact) mass is 324 g/mol. The van der Waals surface area contributed by atoms with E-state index in [1.54, 1.807) is 12.1 Å². The third kappa shape index (κ3) is 3.11. The number of aryl methyl sites for hydroxylation is 1. The van der Waals surface area contributed by atoms with E-state index >= 15 is 0 Å². The number of fused-ring (bicyclic) bond motifs is 2. The Morgan fingerprint density at radius 1 is 1.00 bits per heavy atom. The Kier molecular flexibility index (Phi) is 4.51. The summed E-state index contributed by atoms with van der Waals surface area (Å²) in [5.74, 6) is -0.760. The van der Waals surface area contributed by atoms with Gasteiger partial charge in [-0.25, -0.2) is 0 Å². The number of hydrogen-bond donors (Lipinski definition) is 2. The second-order valence-corrected chi connectivity index (χ2v) is 5.98. The predicted molar refractivity (Wildman–Crippen MR) is 96.2 cm³/mol. The molecule has 1 heterocycles. The van der Waals surface area contributed by atoms with Crippen molar-refractivity contribution in [3.05, 3.63) is 52.7 Å². The van der Waals surface area contributed by atoms with Crippen molar-refractivity contribution < 1.29 is 9.90 Å². The van der Waals surface area contributed by atoms with Gasteiger partial charge in [-0.15, -0.1) is 0 Å². The smallest absolute Gasteiger partial charge is 0.303 e. The van der Waals surface area contributed by atoms with Crippen LogP contribution < -0.4 is 11.2 Å². The minimum Gasteiger partial charge on any atom is -0.481 e. The van der Waals surface area contributed by atoms with Gasteiger partial charge in [0.05, 0.1) is 11.0 Å². The molecule has 3 rings (SSSR count). The van der Waals surface area contributed by atoms with E-state index in [0.29, 0.717) is 22.9 Å². The highest BCUT2D eigenvalue weighted by Crippen LogP contribution is 2.22. The van der Waals surface area contributed by atoms with Crippen molar-refractivity contribution in [2.45, 2.75) is 32.2 Å². The fraction of sp³-hybridized carbons (Fsp3) is 0.263. The Labute approximate surface area is 139 Å². The lowest BCUT2D eigenvalue weighted by Crippen LogP contribution is -2.12. The Balaban J connectivity index is 2.02. The summed E-state index contributed by atoms with van der Waals surface area (Å²) in [6.45, 7) is 0.737. The summed E-state index contributed by atoms with van der Waals surface area (Å²) >= 11 is 0. The number of carboxylic acids is 1. The molecule has 2 aromatic carbocycles. The zero-order valence-electron chi connectivity index (χ0n) is 13.4. The van der Waals surface area contributed by atoms with Crippen LogP contribution in [0.4, 0.5) is 5.69 Å². The first-order chi connectivity index (χ1) is 11.6. The van der Waals surface area contributed by atoms with Crippen molar-refractivity contribution >= 4 is 33.5 Å². The first-order valence-corrected chi connectivity index (χ1v) is 8.10. The van der Waals surface area contributed by atoms with Crippen LogP contribution >= 0.6 is 0 Å². The van der Waals surface area contributed by atoms with Crippen molar-refractivity contribution in [2.24, 2.45) is 0 Å². The first-order valence-electron chi connectivity index (χ1n) is 8.10. The van der Waals surface area contributed by atoms with Crippen LogP contribution in [0.15, 0.2) is 47.3 Å². The molecule has 0 unspecified atom stereocenters. The van der Waals surface area contributed by atoms with Gasteiger partial charge in [0.15, 0.2) is 5.43 Å². The molecule has 24 heavy (non-hydrogen) atoms. The highest BCUT2D eigenvalue weighted by atomic mass is 16.4. The largest absolute Gasteiger partial charge is 0.481 e. The first kappa shape index (κ1) is 16.1. The molecule has 124 valence electrons. The molecule has 5 heteroatoms. The molecule has 0 saturated carbocycles. The summed E-state index contributed by atoms with van der Waals surface area (Å²) in [5, 5.41) is 10.0. The summed E-state index contributed by atoms with van der Waals surface area (Å²) in [4.78, 5) is 23.3. The molecule has 0 aliphatic carbocycles. The minimum absolute atomic E-state index is 0.00460. The lowest BCUT2D eigenvalue weighted by molar-refractivity contribution is -0.137. The Morgan fingerprint density at radius 2 is 1.75 bits per heavy atom. The molecule has 3 N–H and O–H groups in total. The lowest BCUT2D eigenvalue weighted by atomic mass is 10.1. The van der Waals surface area contributed by atoms with Crippen LogP contribution in [0, 0.1) is 0 Å². The maximum atomic E-state index is 12.7. The number of nitrogens with two attached hydrogens (primary N) is 1. The molecule has 0 fully saturated rings. The molecule has 0 saturated heterocycles. The van der Waals surface area contributed by atoms with Crippen LogP contribution in [-0.2, 0) is 11.3 Å². The van der Waals surface area contributed by atoms with Crippen LogP contribution in [0.2, 0.25) is 0 Å². The van der Waals surface area contributed by atoms with Gasteiger partial charge in [-0.2, -0.15) is 0 Å². The zero-order chi connectivity index (χ0) is 17.1. The van der Waals surface area contributed by atoms with Crippen LogP contribution in [0.25, 0.3) is 21.8 Å². The fourth-order valence-electron chi connectivity index (χ4n) is 3.11. The van der Waals surface area contributed by atoms with Gasteiger partial charge in [0, 0.05) is 29.4 Å². The van der Waals surface area contributed by atoms with Crippen LogP contribution in [0.3, 0.4) is 0 Å². The minimum atomic E-state index is -0.760.